The second kappa shape index (κ2) is 8.85. The summed E-state index contributed by atoms with van der Waals surface area (Å²) >= 11 is 7.83. The van der Waals surface area contributed by atoms with Gasteiger partial charge in [-0.2, -0.15) is 0 Å². The van der Waals surface area contributed by atoms with Crippen LogP contribution in [-0.4, -0.2) is 49.5 Å². The van der Waals surface area contributed by atoms with Crippen molar-refractivity contribution >= 4 is 62.4 Å². The number of fused-ring (bicyclic) bond motifs is 3. The minimum Gasteiger partial charge on any atom is -0.362 e. The van der Waals surface area contributed by atoms with Crippen LogP contribution in [0.1, 0.15) is 17.2 Å². The van der Waals surface area contributed by atoms with Gasteiger partial charge in [0.1, 0.15) is 11.1 Å². The molecular weight excluding hydrogens is 522 g/mol. The van der Waals surface area contributed by atoms with Crippen molar-refractivity contribution in [2.24, 2.45) is 0 Å². The molecule has 4 aromatic rings. The molecule has 1 saturated heterocycles. The zero-order valence-electron chi connectivity index (χ0n) is 20.3. The number of aromatic nitrogens is 4. The molecule has 5 heterocycles. The molecule has 7 rings (SSSR count). The third-order valence-electron chi connectivity index (χ3n) is 7.27. The van der Waals surface area contributed by atoms with Crippen molar-refractivity contribution in [2.75, 3.05) is 16.3 Å². The number of nitrogens with zero attached hydrogens (tertiary/aromatic N) is 6. The Morgan fingerprint density at radius 1 is 1.08 bits per heavy atom. The van der Waals surface area contributed by atoms with Crippen LogP contribution in [-0.2, 0) is 17.9 Å². The Balaban J connectivity index is 1.22. The van der Waals surface area contributed by atoms with Crippen molar-refractivity contribution < 1.29 is 9.59 Å². The molecule has 3 amide bonds. The van der Waals surface area contributed by atoms with Crippen molar-refractivity contribution in [3.05, 3.63) is 83.2 Å². The molecule has 0 spiro atoms. The molecule has 0 bridgehead atoms. The fraction of sp³-hybridized carbons (Fsp3) is 0.222. The van der Waals surface area contributed by atoms with Crippen molar-refractivity contribution in [1.29, 1.82) is 0 Å². The van der Waals surface area contributed by atoms with Gasteiger partial charge in [0, 0.05) is 51.2 Å². The van der Waals surface area contributed by atoms with Crippen molar-refractivity contribution in [3.8, 4) is 0 Å². The Morgan fingerprint density at radius 2 is 1.95 bits per heavy atom. The van der Waals surface area contributed by atoms with Gasteiger partial charge in [-0.1, -0.05) is 35.9 Å². The lowest BCUT2D eigenvalue weighted by atomic mass is 10.1. The highest BCUT2D eigenvalue weighted by Gasteiger charge is 2.45. The lowest BCUT2D eigenvalue weighted by molar-refractivity contribution is -0.118. The van der Waals surface area contributed by atoms with Crippen LogP contribution in [0.3, 0.4) is 0 Å². The largest absolute Gasteiger partial charge is 0.362 e. The van der Waals surface area contributed by atoms with E-state index in [9.17, 15) is 9.59 Å². The Labute approximate surface area is 227 Å². The highest BCUT2D eigenvalue weighted by atomic mass is 35.5. The second-order valence-corrected chi connectivity index (χ2v) is 11.1. The third kappa shape index (κ3) is 3.66. The summed E-state index contributed by atoms with van der Waals surface area (Å²) in [4.78, 5) is 35.8. The zero-order valence-corrected chi connectivity index (χ0v) is 21.9. The standard InChI is InChI=1S/C27H22ClN7O2S/c1-15-31-32-24-14-33(8-9-34(15)24)17-7-6-16-12-29-13-22(19(16)10-17)35-26(36)25-21(30-27(35)37)11-23(38-25)18-4-2-3-5-20(18)28/h2-7,10-13,21,25H,8-9,14H2,1H3,(H,30,37). The van der Waals surface area contributed by atoms with Gasteiger partial charge in [-0.3, -0.25) is 9.78 Å². The van der Waals surface area contributed by atoms with Gasteiger partial charge >= 0.3 is 6.03 Å². The predicted octanol–water partition coefficient (Wildman–Crippen LogP) is 4.39. The molecule has 0 radical (unpaired) electrons. The summed E-state index contributed by atoms with van der Waals surface area (Å²) < 4.78 is 2.13. The molecule has 2 aromatic heterocycles. The van der Waals surface area contributed by atoms with Crippen LogP contribution < -0.4 is 15.1 Å². The smallest absolute Gasteiger partial charge is 0.329 e. The van der Waals surface area contributed by atoms with E-state index in [1.54, 1.807) is 12.4 Å². The van der Waals surface area contributed by atoms with Crippen molar-refractivity contribution in [2.45, 2.75) is 31.3 Å². The van der Waals surface area contributed by atoms with Gasteiger partial charge in [0.15, 0.2) is 5.82 Å². The molecule has 0 aliphatic carbocycles. The summed E-state index contributed by atoms with van der Waals surface area (Å²) in [5, 5.41) is 13.3. The molecule has 38 heavy (non-hydrogen) atoms. The maximum absolute atomic E-state index is 13.8. The number of thioether (sulfide) groups is 1. The number of aryl methyl sites for hydroxylation is 1. The van der Waals surface area contributed by atoms with Crippen LogP contribution in [0.15, 0.2) is 60.9 Å². The minimum atomic E-state index is -0.492. The van der Waals surface area contributed by atoms with Crippen LogP contribution in [0.4, 0.5) is 16.2 Å². The first-order valence-corrected chi connectivity index (χ1v) is 13.5. The monoisotopic (exact) mass is 543 g/mol. The first-order valence-electron chi connectivity index (χ1n) is 12.3. The lowest BCUT2D eigenvalue weighted by Gasteiger charge is -2.34. The van der Waals surface area contributed by atoms with Gasteiger partial charge in [-0.25, -0.2) is 9.69 Å². The van der Waals surface area contributed by atoms with E-state index in [1.807, 2.05) is 55.5 Å². The Morgan fingerprint density at radius 3 is 2.82 bits per heavy atom. The summed E-state index contributed by atoms with van der Waals surface area (Å²) in [7, 11) is 0. The Kier molecular flexibility index (Phi) is 5.41. The van der Waals surface area contributed by atoms with Gasteiger partial charge in [0.25, 0.3) is 5.91 Å². The number of halogens is 1. The number of anilines is 2. The Hall–Kier alpha value is -3.89. The number of nitrogens with one attached hydrogen (secondary N) is 1. The molecule has 9 nitrogen and oxygen atoms in total. The average Bonchev–Trinajstić information content (AvgIpc) is 3.52. The normalized spacial score (nSPS) is 20.8. The molecule has 3 aliphatic heterocycles. The maximum Gasteiger partial charge on any atom is 0.329 e. The third-order valence-corrected chi connectivity index (χ3v) is 8.96. The Bertz CT molecular complexity index is 1670. The molecule has 11 heteroatoms. The predicted molar refractivity (Wildman–Crippen MR) is 148 cm³/mol. The number of carbonyl (C=O) groups is 2. The number of rotatable bonds is 3. The van der Waals surface area contributed by atoms with E-state index < -0.39 is 17.3 Å². The van der Waals surface area contributed by atoms with Crippen LogP contribution >= 0.6 is 23.4 Å². The number of urea groups is 1. The lowest BCUT2D eigenvalue weighted by Crippen LogP contribution is -2.60. The maximum atomic E-state index is 13.8. The number of amides is 3. The minimum absolute atomic E-state index is 0.275. The van der Waals surface area contributed by atoms with Crippen LogP contribution in [0.25, 0.3) is 15.7 Å². The van der Waals surface area contributed by atoms with Gasteiger partial charge in [0.05, 0.1) is 24.5 Å². The second-order valence-electron chi connectivity index (χ2n) is 9.50. The number of carbonyl (C=O) groups excluding carboxylic acids is 2. The number of hydrogen-bond donors (Lipinski definition) is 1. The van der Waals surface area contributed by atoms with Gasteiger partial charge in [-0.05, 0) is 31.2 Å². The first kappa shape index (κ1) is 23.2. The molecule has 0 saturated carbocycles. The van der Waals surface area contributed by atoms with E-state index in [0.29, 0.717) is 17.3 Å². The molecule has 3 aliphatic rings. The summed E-state index contributed by atoms with van der Waals surface area (Å²) in [5.74, 6) is 1.56. The summed E-state index contributed by atoms with van der Waals surface area (Å²) in [6.45, 7) is 4.19. The molecule has 2 aromatic carbocycles. The average molecular weight is 544 g/mol. The quantitative estimate of drug-likeness (QED) is 0.409. The zero-order chi connectivity index (χ0) is 26.0. The fourth-order valence-corrected chi connectivity index (χ4v) is 6.93. The van der Waals surface area contributed by atoms with E-state index in [0.717, 1.165) is 51.7 Å². The van der Waals surface area contributed by atoms with Crippen molar-refractivity contribution in [3.63, 3.8) is 0 Å². The number of pyridine rings is 1. The highest BCUT2D eigenvalue weighted by Crippen LogP contribution is 2.44. The fourth-order valence-electron chi connectivity index (χ4n) is 5.33. The SMILES string of the molecule is Cc1nnc2n1CCN(c1ccc3cncc(N4C(=O)NC5C=C(c6ccccc6Cl)SC5C4=O)c3c1)C2. The van der Waals surface area contributed by atoms with E-state index in [2.05, 4.69) is 30.0 Å². The molecular formula is C27H22ClN7O2S. The number of imide groups is 1. The van der Waals surface area contributed by atoms with E-state index in [4.69, 9.17) is 11.6 Å². The summed E-state index contributed by atoms with van der Waals surface area (Å²) in [5.41, 5.74) is 2.30. The number of benzene rings is 2. The number of hydrogen-bond acceptors (Lipinski definition) is 7. The molecule has 2 atom stereocenters. The van der Waals surface area contributed by atoms with Crippen LogP contribution in [0.2, 0.25) is 5.02 Å². The molecule has 190 valence electrons. The van der Waals surface area contributed by atoms with Crippen LogP contribution in [0.5, 0.6) is 0 Å². The summed E-state index contributed by atoms with van der Waals surface area (Å²) in [6.07, 6.45) is 5.25. The van der Waals surface area contributed by atoms with E-state index >= 15 is 0 Å². The van der Waals surface area contributed by atoms with E-state index in [1.165, 1.54) is 16.7 Å². The molecule has 1 fully saturated rings. The van der Waals surface area contributed by atoms with Crippen molar-refractivity contribution in [1.82, 2.24) is 25.1 Å². The van der Waals surface area contributed by atoms with Crippen LogP contribution in [0, 0.1) is 6.92 Å². The summed E-state index contributed by atoms with van der Waals surface area (Å²) in [6, 6.07) is 12.7. The topological polar surface area (TPSA) is 96.2 Å². The van der Waals surface area contributed by atoms with Gasteiger partial charge < -0.3 is 14.8 Å². The molecule has 1 N–H and O–H groups in total. The highest BCUT2D eigenvalue weighted by molar-refractivity contribution is 8.09. The molecule has 2 unspecified atom stereocenters. The first-order chi connectivity index (χ1) is 18.5. The van der Waals surface area contributed by atoms with Gasteiger partial charge in [-0.15, -0.1) is 22.0 Å². The van der Waals surface area contributed by atoms with E-state index in [-0.39, 0.29) is 5.91 Å². The van der Waals surface area contributed by atoms with Gasteiger partial charge in [0.2, 0.25) is 0 Å².